The summed E-state index contributed by atoms with van der Waals surface area (Å²) in [7, 11) is 0.736. The first-order valence-corrected chi connectivity index (χ1v) is 9.45. The Balaban J connectivity index is 2.11. The molecular formula is C15H23BrN2O2S. The van der Waals surface area contributed by atoms with Crippen LogP contribution in [-0.4, -0.2) is 51.4 Å². The van der Waals surface area contributed by atoms with E-state index < -0.39 is 10.0 Å². The van der Waals surface area contributed by atoms with E-state index in [0.29, 0.717) is 28.4 Å². The molecule has 4 nitrogen and oxygen atoms in total. The average molecular weight is 375 g/mol. The van der Waals surface area contributed by atoms with Crippen LogP contribution in [0.25, 0.3) is 0 Å². The summed E-state index contributed by atoms with van der Waals surface area (Å²) in [5.74, 6) is 0.591. The molecule has 0 atom stereocenters. The van der Waals surface area contributed by atoms with E-state index >= 15 is 0 Å². The highest BCUT2D eigenvalue weighted by atomic mass is 79.9. The standard InChI is InChI=1S/C15H23BrN2O2S/c1-12-4-5-15(14(16)10-12)21(19,20)18-8-6-13(7-9-18)11-17(2)3/h4-5,10,13H,6-9,11H2,1-3H3. The van der Waals surface area contributed by atoms with E-state index in [9.17, 15) is 8.42 Å². The van der Waals surface area contributed by atoms with E-state index in [0.717, 1.165) is 24.9 Å². The van der Waals surface area contributed by atoms with E-state index in [-0.39, 0.29) is 0 Å². The summed E-state index contributed by atoms with van der Waals surface area (Å²) in [5, 5.41) is 0. The lowest BCUT2D eigenvalue weighted by molar-refractivity contribution is 0.225. The molecule has 0 unspecified atom stereocenters. The molecule has 0 radical (unpaired) electrons. The number of piperidine rings is 1. The summed E-state index contributed by atoms with van der Waals surface area (Å²) >= 11 is 3.38. The zero-order valence-corrected chi connectivity index (χ0v) is 15.2. The lowest BCUT2D eigenvalue weighted by atomic mass is 9.98. The fourth-order valence-electron chi connectivity index (χ4n) is 2.80. The Bertz CT molecular complexity index is 594. The minimum absolute atomic E-state index is 0.374. The lowest BCUT2D eigenvalue weighted by Crippen LogP contribution is -2.40. The molecule has 21 heavy (non-hydrogen) atoms. The Hall–Kier alpha value is -0.430. The van der Waals surface area contributed by atoms with Gasteiger partial charge in [-0.05, 0) is 73.4 Å². The van der Waals surface area contributed by atoms with Gasteiger partial charge in [-0.2, -0.15) is 4.31 Å². The molecule has 1 aliphatic rings. The number of hydrogen-bond acceptors (Lipinski definition) is 3. The van der Waals surface area contributed by atoms with Gasteiger partial charge in [0, 0.05) is 24.1 Å². The van der Waals surface area contributed by atoms with Gasteiger partial charge in [0.1, 0.15) is 0 Å². The van der Waals surface area contributed by atoms with Crippen LogP contribution in [-0.2, 0) is 10.0 Å². The number of sulfonamides is 1. The van der Waals surface area contributed by atoms with Gasteiger partial charge in [-0.3, -0.25) is 0 Å². The van der Waals surface area contributed by atoms with E-state index in [1.807, 2.05) is 19.1 Å². The molecule has 0 spiro atoms. The fraction of sp³-hybridized carbons (Fsp3) is 0.600. The van der Waals surface area contributed by atoms with E-state index in [4.69, 9.17) is 0 Å². The molecule has 2 rings (SSSR count). The monoisotopic (exact) mass is 374 g/mol. The first-order valence-electron chi connectivity index (χ1n) is 7.21. The third-order valence-electron chi connectivity index (χ3n) is 3.90. The first-order chi connectivity index (χ1) is 9.80. The summed E-state index contributed by atoms with van der Waals surface area (Å²) in [5.41, 5.74) is 1.05. The van der Waals surface area contributed by atoms with Crippen LogP contribution < -0.4 is 0 Å². The summed E-state index contributed by atoms with van der Waals surface area (Å²) in [6.07, 6.45) is 1.86. The van der Waals surface area contributed by atoms with Crippen LogP contribution in [0.3, 0.4) is 0 Å². The van der Waals surface area contributed by atoms with Crippen molar-refractivity contribution in [1.82, 2.24) is 9.21 Å². The number of benzene rings is 1. The van der Waals surface area contributed by atoms with Gasteiger partial charge in [-0.25, -0.2) is 8.42 Å². The summed E-state index contributed by atoms with van der Waals surface area (Å²) < 4.78 is 27.7. The van der Waals surface area contributed by atoms with Crippen molar-refractivity contribution in [3.8, 4) is 0 Å². The molecule has 0 amide bonds. The van der Waals surface area contributed by atoms with Crippen molar-refractivity contribution < 1.29 is 8.42 Å². The van der Waals surface area contributed by atoms with Crippen molar-refractivity contribution in [2.24, 2.45) is 5.92 Å². The molecule has 118 valence electrons. The van der Waals surface area contributed by atoms with Crippen molar-refractivity contribution in [2.75, 3.05) is 33.7 Å². The van der Waals surface area contributed by atoms with Gasteiger partial charge >= 0.3 is 0 Å². The predicted molar refractivity (Wildman–Crippen MR) is 88.9 cm³/mol. The highest BCUT2D eigenvalue weighted by molar-refractivity contribution is 9.10. The Kier molecular flexibility index (Phi) is 5.46. The van der Waals surface area contributed by atoms with Crippen LogP contribution in [0.4, 0.5) is 0 Å². The van der Waals surface area contributed by atoms with Gasteiger partial charge in [0.15, 0.2) is 0 Å². The van der Waals surface area contributed by atoms with Crippen molar-refractivity contribution in [1.29, 1.82) is 0 Å². The molecule has 0 aromatic heterocycles. The quantitative estimate of drug-likeness (QED) is 0.813. The van der Waals surface area contributed by atoms with Crippen LogP contribution >= 0.6 is 15.9 Å². The highest BCUT2D eigenvalue weighted by Crippen LogP contribution is 2.29. The largest absolute Gasteiger partial charge is 0.309 e. The molecule has 1 aromatic carbocycles. The second-order valence-corrected chi connectivity index (χ2v) is 8.80. The van der Waals surface area contributed by atoms with Crippen LogP contribution in [0, 0.1) is 12.8 Å². The number of hydrogen-bond donors (Lipinski definition) is 0. The van der Waals surface area contributed by atoms with Gasteiger partial charge in [0.05, 0.1) is 4.90 Å². The minimum atomic E-state index is -3.39. The fourth-order valence-corrected chi connectivity index (χ4v) is 5.42. The average Bonchev–Trinajstić information content (AvgIpc) is 2.38. The van der Waals surface area contributed by atoms with Crippen molar-refractivity contribution in [2.45, 2.75) is 24.7 Å². The molecule has 1 saturated heterocycles. The van der Waals surface area contributed by atoms with Crippen LogP contribution in [0.15, 0.2) is 27.6 Å². The smallest absolute Gasteiger partial charge is 0.244 e. The van der Waals surface area contributed by atoms with E-state index in [1.165, 1.54) is 0 Å². The van der Waals surface area contributed by atoms with Crippen LogP contribution in [0.5, 0.6) is 0 Å². The number of halogens is 1. The van der Waals surface area contributed by atoms with Gasteiger partial charge < -0.3 is 4.90 Å². The third-order valence-corrected chi connectivity index (χ3v) is 6.78. The molecule has 0 N–H and O–H groups in total. The molecule has 0 bridgehead atoms. The van der Waals surface area contributed by atoms with E-state index in [1.54, 1.807) is 10.4 Å². The zero-order chi connectivity index (χ0) is 15.6. The number of rotatable bonds is 4. The maximum Gasteiger partial charge on any atom is 0.244 e. The normalized spacial score (nSPS) is 18.3. The van der Waals surface area contributed by atoms with Crippen LogP contribution in [0.2, 0.25) is 0 Å². The molecule has 1 fully saturated rings. The summed E-state index contributed by atoms with van der Waals surface area (Å²) in [4.78, 5) is 2.55. The lowest BCUT2D eigenvalue weighted by Gasteiger charge is -2.32. The van der Waals surface area contributed by atoms with E-state index in [2.05, 4.69) is 34.9 Å². The maximum atomic E-state index is 12.7. The zero-order valence-electron chi connectivity index (χ0n) is 12.8. The van der Waals surface area contributed by atoms with Gasteiger partial charge in [0.2, 0.25) is 10.0 Å². The third kappa shape index (κ3) is 4.06. The Labute approximate surface area is 136 Å². The minimum Gasteiger partial charge on any atom is -0.309 e. The molecule has 6 heteroatoms. The molecule has 1 aliphatic heterocycles. The van der Waals surface area contributed by atoms with Gasteiger partial charge in [-0.15, -0.1) is 0 Å². The Morgan fingerprint density at radius 2 is 1.90 bits per heavy atom. The van der Waals surface area contributed by atoms with Gasteiger partial charge in [0.25, 0.3) is 0 Å². The second kappa shape index (κ2) is 6.77. The number of aryl methyl sites for hydroxylation is 1. The highest BCUT2D eigenvalue weighted by Gasteiger charge is 2.30. The summed E-state index contributed by atoms with van der Waals surface area (Å²) in [6, 6.07) is 5.39. The number of nitrogens with zero attached hydrogens (tertiary/aromatic N) is 2. The SMILES string of the molecule is Cc1ccc(S(=O)(=O)N2CCC(CN(C)C)CC2)c(Br)c1. The predicted octanol–water partition coefficient (Wildman–Crippen LogP) is 2.72. The van der Waals surface area contributed by atoms with Crippen LogP contribution in [0.1, 0.15) is 18.4 Å². The van der Waals surface area contributed by atoms with Crippen molar-refractivity contribution in [3.05, 3.63) is 28.2 Å². The molecule has 1 heterocycles. The van der Waals surface area contributed by atoms with Crippen molar-refractivity contribution >= 4 is 26.0 Å². The molecule has 0 saturated carbocycles. The molecular weight excluding hydrogens is 352 g/mol. The maximum absolute atomic E-state index is 12.7. The molecule has 0 aliphatic carbocycles. The second-order valence-electron chi connectivity index (χ2n) is 6.04. The Morgan fingerprint density at radius 3 is 2.43 bits per heavy atom. The van der Waals surface area contributed by atoms with Crippen molar-refractivity contribution in [3.63, 3.8) is 0 Å². The van der Waals surface area contributed by atoms with Gasteiger partial charge in [-0.1, -0.05) is 6.07 Å². The first kappa shape index (κ1) is 16.9. The topological polar surface area (TPSA) is 40.6 Å². The Morgan fingerprint density at radius 1 is 1.29 bits per heavy atom. The molecule has 1 aromatic rings. The summed E-state index contributed by atoms with van der Waals surface area (Å²) in [6.45, 7) is 4.21.